The Bertz CT molecular complexity index is 911. The van der Waals surface area contributed by atoms with E-state index in [1.165, 1.54) is 15.9 Å². The van der Waals surface area contributed by atoms with Gasteiger partial charge in [0, 0.05) is 30.7 Å². The van der Waals surface area contributed by atoms with Crippen molar-refractivity contribution in [2.75, 3.05) is 23.7 Å². The Morgan fingerprint density at radius 1 is 1.13 bits per heavy atom. The SMILES string of the molecule is Nc1cccc2c1CCCN2CCn1nc2ccccn2c1=O. The van der Waals surface area contributed by atoms with E-state index in [0.717, 1.165) is 31.6 Å². The van der Waals surface area contributed by atoms with Crippen LogP contribution >= 0.6 is 0 Å². The van der Waals surface area contributed by atoms with Gasteiger partial charge in [-0.05, 0) is 42.7 Å². The van der Waals surface area contributed by atoms with Gasteiger partial charge in [0.05, 0.1) is 6.54 Å². The summed E-state index contributed by atoms with van der Waals surface area (Å²) in [7, 11) is 0. The Labute approximate surface area is 133 Å². The number of anilines is 2. The van der Waals surface area contributed by atoms with Crippen LogP contribution in [-0.2, 0) is 13.0 Å². The van der Waals surface area contributed by atoms with E-state index in [4.69, 9.17) is 5.73 Å². The summed E-state index contributed by atoms with van der Waals surface area (Å²) in [6.07, 6.45) is 3.85. The lowest BCUT2D eigenvalue weighted by molar-refractivity contribution is 0.564. The molecule has 0 aliphatic carbocycles. The first-order valence-electron chi connectivity index (χ1n) is 7.90. The average Bonchev–Trinajstić information content (AvgIpc) is 2.90. The van der Waals surface area contributed by atoms with Crippen molar-refractivity contribution in [2.24, 2.45) is 0 Å². The fourth-order valence-electron chi connectivity index (χ4n) is 3.29. The van der Waals surface area contributed by atoms with Crippen molar-refractivity contribution in [3.63, 3.8) is 0 Å². The number of benzene rings is 1. The molecule has 23 heavy (non-hydrogen) atoms. The summed E-state index contributed by atoms with van der Waals surface area (Å²) in [5.41, 5.74) is 9.95. The van der Waals surface area contributed by atoms with Crippen molar-refractivity contribution in [1.29, 1.82) is 0 Å². The third kappa shape index (κ3) is 2.36. The molecule has 1 aromatic carbocycles. The first kappa shape index (κ1) is 13.9. The van der Waals surface area contributed by atoms with Gasteiger partial charge in [0.25, 0.3) is 0 Å². The summed E-state index contributed by atoms with van der Waals surface area (Å²) in [6.45, 7) is 2.30. The predicted molar refractivity (Wildman–Crippen MR) is 90.8 cm³/mol. The minimum absolute atomic E-state index is 0.0922. The number of nitrogens with zero attached hydrogens (tertiary/aromatic N) is 4. The maximum Gasteiger partial charge on any atom is 0.350 e. The fraction of sp³-hybridized carbons (Fsp3) is 0.294. The third-order valence-electron chi connectivity index (χ3n) is 4.45. The van der Waals surface area contributed by atoms with Gasteiger partial charge >= 0.3 is 5.69 Å². The van der Waals surface area contributed by atoms with E-state index in [-0.39, 0.29) is 5.69 Å². The normalized spacial score (nSPS) is 14.2. The van der Waals surface area contributed by atoms with E-state index in [1.807, 2.05) is 30.3 Å². The van der Waals surface area contributed by atoms with Crippen molar-refractivity contribution >= 4 is 17.0 Å². The Morgan fingerprint density at radius 2 is 2.04 bits per heavy atom. The first-order valence-corrected chi connectivity index (χ1v) is 7.90. The lowest BCUT2D eigenvalue weighted by atomic mass is 10.00. The van der Waals surface area contributed by atoms with Crippen LogP contribution in [0.15, 0.2) is 47.4 Å². The molecule has 2 N–H and O–H groups in total. The third-order valence-corrected chi connectivity index (χ3v) is 4.45. The zero-order valence-corrected chi connectivity index (χ0v) is 12.9. The van der Waals surface area contributed by atoms with Crippen LogP contribution in [0.4, 0.5) is 11.4 Å². The summed E-state index contributed by atoms with van der Waals surface area (Å²) in [5.74, 6) is 0. The second-order valence-corrected chi connectivity index (χ2v) is 5.87. The van der Waals surface area contributed by atoms with E-state index in [0.29, 0.717) is 12.2 Å². The summed E-state index contributed by atoms with van der Waals surface area (Å²) >= 11 is 0. The number of nitrogens with two attached hydrogens (primary N) is 1. The molecule has 1 aliphatic heterocycles. The highest BCUT2D eigenvalue weighted by Crippen LogP contribution is 2.30. The van der Waals surface area contributed by atoms with Crippen LogP contribution < -0.4 is 16.3 Å². The molecule has 6 nitrogen and oxygen atoms in total. The van der Waals surface area contributed by atoms with Crippen LogP contribution in [0.5, 0.6) is 0 Å². The number of pyridine rings is 1. The van der Waals surface area contributed by atoms with Crippen LogP contribution in [0.25, 0.3) is 5.65 Å². The van der Waals surface area contributed by atoms with Crippen LogP contribution in [0.3, 0.4) is 0 Å². The number of rotatable bonds is 3. The van der Waals surface area contributed by atoms with Gasteiger partial charge in [-0.3, -0.25) is 4.40 Å². The van der Waals surface area contributed by atoms with Crippen molar-refractivity contribution < 1.29 is 0 Å². The molecule has 3 heterocycles. The number of fused-ring (bicyclic) bond motifs is 2. The smallest absolute Gasteiger partial charge is 0.350 e. The molecule has 6 heteroatoms. The number of hydrogen-bond donors (Lipinski definition) is 1. The van der Waals surface area contributed by atoms with Crippen molar-refractivity contribution in [3.8, 4) is 0 Å². The topological polar surface area (TPSA) is 68.6 Å². The van der Waals surface area contributed by atoms with Crippen molar-refractivity contribution in [3.05, 3.63) is 58.6 Å². The number of aromatic nitrogens is 3. The zero-order chi connectivity index (χ0) is 15.8. The highest BCUT2D eigenvalue weighted by molar-refractivity contribution is 5.66. The van der Waals surface area contributed by atoms with E-state index in [1.54, 1.807) is 10.6 Å². The van der Waals surface area contributed by atoms with Gasteiger partial charge in [-0.2, -0.15) is 0 Å². The van der Waals surface area contributed by atoms with Crippen LogP contribution in [-0.4, -0.2) is 27.3 Å². The molecule has 0 saturated heterocycles. The van der Waals surface area contributed by atoms with Gasteiger partial charge < -0.3 is 10.6 Å². The molecule has 0 unspecified atom stereocenters. The predicted octanol–water partition coefficient (Wildman–Crippen LogP) is 1.53. The molecule has 0 saturated carbocycles. The molecule has 3 aromatic rings. The molecular formula is C17H19N5O. The minimum atomic E-state index is -0.0922. The molecule has 0 amide bonds. The molecule has 1 aliphatic rings. The second-order valence-electron chi connectivity index (χ2n) is 5.87. The second kappa shape index (κ2) is 5.46. The van der Waals surface area contributed by atoms with Crippen LogP contribution in [0.2, 0.25) is 0 Å². The molecule has 2 aromatic heterocycles. The summed E-state index contributed by atoms with van der Waals surface area (Å²) < 4.78 is 3.11. The van der Waals surface area contributed by atoms with Gasteiger partial charge in [-0.15, -0.1) is 5.10 Å². The van der Waals surface area contributed by atoms with Crippen molar-refractivity contribution in [2.45, 2.75) is 19.4 Å². The molecule has 0 atom stereocenters. The van der Waals surface area contributed by atoms with Gasteiger partial charge in [0.2, 0.25) is 0 Å². The largest absolute Gasteiger partial charge is 0.398 e. The minimum Gasteiger partial charge on any atom is -0.398 e. The average molecular weight is 309 g/mol. The van der Waals surface area contributed by atoms with Gasteiger partial charge in [-0.1, -0.05) is 12.1 Å². The Balaban J connectivity index is 1.59. The first-order chi connectivity index (χ1) is 11.2. The zero-order valence-electron chi connectivity index (χ0n) is 12.9. The number of nitrogen functional groups attached to an aromatic ring is 1. The van der Waals surface area contributed by atoms with Gasteiger partial charge in [0.15, 0.2) is 5.65 Å². The van der Waals surface area contributed by atoms with Crippen LogP contribution in [0, 0.1) is 0 Å². The van der Waals surface area contributed by atoms with Gasteiger partial charge in [0.1, 0.15) is 0 Å². The lowest BCUT2D eigenvalue weighted by Gasteiger charge is -2.31. The molecule has 0 radical (unpaired) electrons. The monoisotopic (exact) mass is 309 g/mol. The maximum absolute atomic E-state index is 12.3. The summed E-state index contributed by atoms with van der Waals surface area (Å²) in [6, 6.07) is 11.6. The standard InChI is InChI=1S/C17H19N5O/c18-14-6-3-7-15-13(14)5-4-9-20(15)11-12-22-17(23)21-10-2-1-8-16(21)19-22/h1-3,6-8,10H,4-5,9,11-12,18H2. The Kier molecular flexibility index (Phi) is 3.29. The Morgan fingerprint density at radius 3 is 2.91 bits per heavy atom. The highest BCUT2D eigenvalue weighted by Gasteiger charge is 2.18. The van der Waals surface area contributed by atoms with E-state index >= 15 is 0 Å². The fourth-order valence-corrected chi connectivity index (χ4v) is 3.29. The van der Waals surface area contributed by atoms with Crippen molar-refractivity contribution in [1.82, 2.24) is 14.2 Å². The molecule has 0 spiro atoms. The molecule has 0 fully saturated rings. The highest BCUT2D eigenvalue weighted by atomic mass is 16.2. The quantitative estimate of drug-likeness (QED) is 0.745. The van der Waals surface area contributed by atoms with Crippen LogP contribution in [0.1, 0.15) is 12.0 Å². The van der Waals surface area contributed by atoms with E-state index in [9.17, 15) is 4.79 Å². The number of hydrogen-bond acceptors (Lipinski definition) is 4. The molecule has 4 rings (SSSR count). The maximum atomic E-state index is 12.3. The summed E-state index contributed by atoms with van der Waals surface area (Å²) in [4.78, 5) is 14.6. The molecular weight excluding hydrogens is 290 g/mol. The molecule has 118 valence electrons. The van der Waals surface area contributed by atoms with E-state index in [2.05, 4.69) is 16.1 Å². The molecule has 0 bridgehead atoms. The summed E-state index contributed by atoms with van der Waals surface area (Å²) in [5, 5.41) is 4.39. The lowest BCUT2D eigenvalue weighted by Crippen LogP contribution is -2.35. The Hall–Kier alpha value is -2.76. The van der Waals surface area contributed by atoms with Gasteiger partial charge in [-0.25, -0.2) is 9.48 Å². The van der Waals surface area contributed by atoms with E-state index < -0.39 is 0 Å².